The number of aromatic amines is 1. The average Bonchev–Trinajstić information content (AvgIpc) is 2.80. The molecule has 8 nitrogen and oxygen atoms in total. The third kappa shape index (κ3) is 3.45. The van der Waals surface area contributed by atoms with E-state index in [0.29, 0.717) is 25.1 Å². The number of nitrogens with two attached hydrogens (primary N) is 1. The van der Waals surface area contributed by atoms with Gasteiger partial charge in [-0.2, -0.15) is 0 Å². The number of hydrogen-bond donors (Lipinski definition) is 4. The molecule has 1 aromatic heterocycles. The standard InChI is InChI=1S/C13H21N3O5S/c1-7-5-16(13(22)15-11(7)19)12-10(20-4-2-3-14)9(18)8(6-17)21-12/h5,8-10,12,17-18H,2-4,6,14H2,1H3,(H,15,19,22)/t8-,9-,10-,12-/m1/s1. The van der Waals surface area contributed by atoms with Gasteiger partial charge in [-0.1, -0.05) is 0 Å². The molecule has 0 amide bonds. The lowest BCUT2D eigenvalue weighted by Crippen LogP contribution is -2.36. The van der Waals surface area contributed by atoms with Crippen LogP contribution >= 0.6 is 12.2 Å². The molecule has 0 unspecified atom stereocenters. The van der Waals surface area contributed by atoms with Crippen molar-refractivity contribution in [1.82, 2.24) is 9.55 Å². The number of aromatic nitrogens is 2. The normalized spacial score (nSPS) is 28.2. The van der Waals surface area contributed by atoms with Crippen LogP contribution in [0.5, 0.6) is 0 Å². The molecular weight excluding hydrogens is 310 g/mol. The van der Waals surface area contributed by atoms with Gasteiger partial charge in [-0.3, -0.25) is 14.3 Å². The van der Waals surface area contributed by atoms with E-state index in [-0.39, 0.29) is 16.9 Å². The highest BCUT2D eigenvalue weighted by molar-refractivity contribution is 7.71. The molecular formula is C13H21N3O5S. The van der Waals surface area contributed by atoms with Crippen molar-refractivity contribution in [2.24, 2.45) is 5.73 Å². The van der Waals surface area contributed by atoms with E-state index in [9.17, 15) is 15.0 Å². The van der Waals surface area contributed by atoms with Crippen molar-refractivity contribution in [2.45, 2.75) is 37.9 Å². The molecule has 5 N–H and O–H groups in total. The molecule has 1 aliphatic rings. The number of aryl methyl sites for hydroxylation is 1. The van der Waals surface area contributed by atoms with Crippen molar-refractivity contribution < 1.29 is 19.7 Å². The smallest absolute Gasteiger partial charge is 0.254 e. The topological polar surface area (TPSA) is 123 Å². The van der Waals surface area contributed by atoms with Crippen LogP contribution in [0.3, 0.4) is 0 Å². The summed E-state index contributed by atoms with van der Waals surface area (Å²) in [5.74, 6) is 0. The van der Waals surface area contributed by atoms with Gasteiger partial charge >= 0.3 is 0 Å². The van der Waals surface area contributed by atoms with Gasteiger partial charge < -0.3 is 25.4 Å². The van der Waals surface area contributed by atoms with Crippen LogP contribution in [0, 0.1) is 11.7 Å². The number of nitrogens with zero attached hydrogens (tertiary/aromatic N) is 1. The summed E-state index contributed by atoms with van der Waals surface area (Å²) in [4.78, 5) is 14.1. The van der Waals surface area contributed by atoms with E-state index in [1.807, 2.05) is 0 Å². The van der Waals surface area contributed by atoms with Gasteiger partial charge in [0.15, 0.2) is 11.0 Å². The molecule has 1 aromatic rings. The van der Waals surface area contributed by atoms with Gasteiger partial charge in [-0.05, 0) is 32.1 Å². The zero-order valence-corrected chi connectivity index (χ0v) is 13.1. The molecule has 22 heavy (non-hydrogen) atoms. The van der Waals surface area contributed by atoms with Gasteiger partial charge in [0.1, 0.15) is 18.3 Å². The monoisotopic (exact) mass is 331 g/mol. The maximum atomic E-state index is 11.6. The summed E-state index contributed by atoms with van der Waals surface area (Å²) in [5.41, 5.74) is 5.61. The molecule has 9 heteroatoms. The van der Waals surface area contributed by atoms with Crippen molar-refractivity contribution >= 4 is 12.2 Å². The summed E-state index contributed by atoms with van der Waals surface area (Å²) in [7, 11) is 0. The molecule has 0 radical (unpaired) electrons. The molecule has 2 rings (SSSR count). The first-order chi connectivity index (χ1) is 10.5. The van der Waals surface area contributed by atoms with Gasteiger partial charge in [0.25, 0.3) is 5.56 Å². The number of ether oxygens (including phenoxy) is 2. The maximum Gasteiger partial charge on any atom is 0.254 e. The molecule has 124 valence electrons. The minimum absolute atomic E-state index is 0.166. The maximum absolute atomic E-state index is 11.6. The lowest BCUT2D eigenvalue weighted by Gasteiger charge is -2.23. The Hall–Kier alpha value is -1.10. The predicted molar refractivity (Wildman–Crippen MR) is 81.0 cm³/mol. The van der Waals surface area contributed by atoms with E-state index in [2.05, 4.69) is 4.98 Å². The summed E-state index contributed by atoms with van der Waals surface area (Å²) in [6, 6.07) is 0. The molecule has 0 aromatic carbocycles. The Labute approximate surface area is 132 Å². The molecule has 0 spiro atoms. The Morgan fingerprint density at radius 3 is 2.95 bits per heavy atom. The largest absolute Gasteiger partial charge is 0.394 e. The van der Waals surface area contributed by atoms with E-state index in [1.165, 1.54) is 4.57 Å². The highest BCUT2D eigenvalue weighted by Crippen LogP contribution is 2.31. The predicted octanol–water partition coefficient (Wildman–Crippen LogP) is -0.801. The second-order valence-corrected chi connectivity index (χ2v) is 5.58. The third-order valence-corrected chi connectivity index (χ3v) is 3.88. The van der Waals surface area contributed by atoms with E-state index in [4.69, 9.17) is 27.4 Å². The van der Waals surface area contributed by atoms with Gasteiger partial charge in [-0.25, -0.2) is 0 Å². The number of hydrogen-bond acceptors (Lipinski definition) is 7. The van der Waals surface area contributed by atoms with Gasteiger partial charge in [0.2, 0.25) is 0 Å². The van der Waals surface area contributed by atoms with Crippen LogP contribution in [0.4, 0.5) is 0 Å². The first kappa shape index (κ1) is 17.3. The van der Waals surface area contributed by atoms with Crippen molar-refractivity contribution in [3.63, 3.8) is 0 Å². The van der Waals surface area contributed by atoms with Crippen LogP contribution in [-0.4, -0.2) is 57.8 Å². The minimum Gasteiger partial charge on any atom is -0.394 e. The number of H-pyrrole nitrogens is 1. The zero-order chi connectivity index (χ0) is 16.3. The first-order valence-corrected chi connectivity index (χ1v) is 7.48. The van der Waals surface area contributed by atoms with Crippen LogP contribution in [0.2, 0.25) is 0 Å². The fourth-order valence-corrected chi connectivity index (χ4v) is 2.60. The van der Waals surface area contributed by atoms with Crippen LogP contribution in [0.1, 0.15) is 18.2 Å². The Balaban J connectivity index is 2.31. The highest BCUT2D eigenvalue weighted by atomic mass is 32.1. The Morgan fingerprint density at radius 1 is 1.59 bits per heavy atom. The second kappa shape index (κ2) is 7.44. The molecule has 1 aliphatic heterocycles. The molecule has 1 saturated heterocycles. The summed E-state index contributed by atoms with van der Waals surface area (Å²) in [5, 5.41) is 19.5. The summed E-state index contributed by atoms with van der Waals surface area (Å²) < 4.78 is 13.0. The lowest BCUT2D eigenvalue weighted by atomic mass is 10.1. The number of nitrogens with one attached hydrogen (secondary N) is 1. The molecule has 2 heterocycles. The van der Waals surface area contributed by atoms with Gasteiger partial charge in [0.05, 0.1) is 6.61 Å². The minimum atomic E-state index is -0.998. The van der Waals surface area contributed by atoms with Crippen LogP contribution in [-0.2, 0) is 9.47 Å². The quantitative estimate of drug-likeness (QED) is 0.397. The van der Waals surface area contributed by atoms with Gasteiger partial charge in [-0.15, -0.1) is 0 Å². The molecule has 0 saturated carbocycles. The van der Waals surface area contributed by atoms with Crippen molar-refractivity contribution in [2.75, 3.05) is 19.8 Å². The summed E-state index contributed by atoms with van der Waals surface area (Å²) in [6.07, 6.45) is -1.02. The number of aliphatic hydroxyl groups excluding tert-OH is 2. The van der Waals surface area contributed by atoms with Crippen molar-refractivity contribution in [1.29, 1.82) is 0 Å². The van der Waals surface area contributed by atoms with E-state index < -0.39 is 24.5 Å². The van der Waals surface area contributed by atoms with E-state index in [0.717, 1.165) is 0 Å². The molecule has 0 bridgehead atoms. The van der Waals surface area contributed by atoms with Gasteiger partial charge in [0, 0.05) is 18.4 Å². The fraction of sp³-hybridized carbons (Fsp3) is 0.692. The Bertz CT molecular complexity index is 616. The number of aliphatic hydroxyl groups is 2. The Kier molecular flexibility index (Phi) is 5.84. The van der Waals surface area contributed by atoms with Crippen molar-refractivity contribution in [3.05, 3.63) is 26.9 Å². The first-order valence-electron chi connectivity index (χ1n) is 7.07. The average molecular weight is 331 g/mol. The third-order valence-electron chi connectivity index (χ3n) is 3.57. The molecule has 0 aliphatic carbocycles. The summed E-state index contributed by atoms with van der Waals surface area (Å²) >= 11 is 5.15. The van der Waals surface area contributed by atoms with Crippen molar-refractivity contribution in [3.8, 4) is 0 Å². The Morgan fingerprint density at radius 2 is 2.32 bits per heavy atom. The van der Waals surface area contributed by atoms with E-state index in [1.54, 1.807) is 13.1 Å². The van der Waals surface area contributed by atoms with Crippen LogP contribution in [0.15, 0.2) is 11.0 Å². The second-order valence-electron chi connectivity index (χ2n) is 5.19. The summed E-state index contributed by atoms with van der Waals surface area (Å²) in [6.45, 7) is 2.12. The highest BCUT2D eigenvalue weighted by Gasteiger charge is 2.45. The molecule has 1 fully saturated rings. The SMILES string of the molecule is Cc1cn([C@@H]2O[C@H](CO)[C@@H](O)[C@H]2OCCCN)c(=S)[nH]c1=O. The molecule has 4 atom stereocenters. The lowest BCUT2D eigenvalue weighted by molar-refractivity contribution is -0.0736. The number of rotatable bonds is 6. The van der Waals surface area contributed by atoms with Crippen LogP contribution in [0.25, 0.3) is 0 Å². The van der Waals surface area contributed by atoms with E-state index >= 15 is 0 Å². The zero-order valence-electron chi connectivity index (χ0n) is 12.3. The fourth-order valence-electron chi connectivity index (χ4n) is 2.35. The van der Waals surface area contributed by atoms with Crippen LogP contribution < -0.4 is 11.3 Å².